The molecule has 0 aromatic carbocycles. The highest BCUT2D eigenvalue weighted by atomic mass is 16.4. The van der Waals surface area contributed by atoms with Crippen LogP contribution in [0.15, 0.2) is 0 Å². The SMILES string of the molecule is CCC(CC)(NCC(=O)NCCC#N)C(=O)O. The van der Waals surface area contributed by atoms with E-state index in [1.807, 2.05) is 6.07 Å². The number of hydrogen-bond acceptors (Lipinski definition) is 4. The first-order valence-corrected chi connectivity index (χ1v) is 5.64. The number of nitrogens with zero attached hydrogens (tertiary/aromatic N) is 1. The number of carboxylic acid groups (broad SMARTS) is 1. The Balaban J connectivity index is 4.19. The summed E-state index contributed by atoms with van der Waals surface area (Å²) in [5.41, 5.74) is -1.05. The molecule has 0 fully saturated rings. The van der Waals surface area contributed by atoms with Gasteiger partial charge in [0.25, 0.3) is 0 Å². The van der Waals surface area contributed by atoms with Gasteiger partial charge in [0.2, 0.25) is 5.91 Å². The summed E-state index contributed by atoms with van der Waals surface area (Å²) in [6.45, 7) is 3.76. The largest absolute Gasteiger partial charge is 0.480 e. The Hall–Kier alpha value is -1.61. The van der Waals surface area contributed by atoms with Crippen molar-refractivity contribution in [3.05, 3.63) is 0 Å². The van der Waals surface area contributed by atoms with Crippen molar-refractivity contribution in [2.45, 2.75) is 38.6 Å². The lowest BCUT2D eigenvalue weighted by Gasteiger charge is -2.27. The molecule has 0 saturated carbocycles. The van der Waals surface area contributed by atoms with Crippen molar-refractivity contribution in [2.75, 3.05) is 13.1 Å². The maximum atomic E-state index is 11.3. The van der Waals surface area contributed by atoms with E-state index in [0.29, 0.717) is 12.8 Å². The molecule has 0 aliphatic heterocycles. The van der Waals surface area contributed by atoms with Gasteiger partial charge < -0.3 is 10.4 Å². The van der Waals surface area contributed by atoms with Crippen LogP contribution in [0.4, 0.5) is 0 Å². The molecule has 0 unspecified atom stereocenters. The highest BCUT2D eigenvalue weighted by Gasteiger charge is 2.34. The monoisotopic (exact) mass is 241 g/mol. The number of carbonyl (C=O) groups excluding carboxylic acids is 1. The van der Waals surface area contributed by atoms with Gasteiger partial charge in [0.15, 0.2) is 0 Å². The van der Waals surface area contributed by atoms with Crippen LogP contribution in [0.1, 0.15) is 33.1 Å². The van der Waals surface area contributed by atoms with Crippen LogP contribution in [0.5, 0.6) is 0 Å². The summed E-state index contributed by atoms with van der Waals surface area (Å²) in [6.07, 6.45) is 1.06. The maximum Gasteiger partial charge on any atom is 0.323 e. The van der Waals surface area contributed by atoms with Crippen molar-refractivity contribution in [1.29, 1.82) is 5.26 Å². The molecule has 17 heavy (non-hydrogen) atoms. The second-order valence-electron chi connectivity index (χ2n) is 3.71. The van der Waals surface area contributed by atoms with Crippen molar-refractivity contribution in [3.8, 4) is 6.07 Å². The average molecular weight is 241 g/mol. The normalized spacial score (nSPS) is 10.6. The quantitative estimate of drug-likeness (QED) is 0.529. The predicted octanol–water partition coefficient (Wildman–Crippen LogP) is 0.249. The molecule has 3 N–H and O–H groups in total. The Kier molecular flexibility index (Phi) is 6.91. The molecule has 0 aromatic rings. The Morgan fingerprint density at radius 1 is 1.35 bits per heavy atom. The van der Waals surface area contributed by atoms with E-state index in [-0.39, 0.29) is 25.4 Å². The minimum atomic E-state index is -1.05. The zero-order valence-electron chi connectivity index (χ0n) is 10.2. The highest BCUT2D eigenvalue weighted by Crippen LogP contribution is 2.14. The van der Waals surface area contributed by atoms with E-state index in [0.717, 1.165) is 0 Å². The average Bonchev–Trinajstić information content (AvgIpc) is 2.31. The van der Waals surface area contributed by atoms with Crippen LogP contribution in [0.25, 0.3) is 0 Å². The van der Waals surface area contributed by atoms with Crippen molar-refractivity contribution < 1.29 is 14.7 Å². The second-order valence-corrected chi connectivity index (χ2v) is 3.71. The molecule has 0 spiro atoms. The Bertz CT molecular complexity index is 306. The first kappa shape index (κ1) is 15.4. The van der Waals surface area contributed by atoms with Gasteiger partial charge in [0.1, 0.15) is 5.54 Å². The lowest BCUT2D eigenvalue weighted by molar-refractivity contribution is -0.145. The van der Waals surface area contributed by atoms with Gasteiger partial charge in [-0.05, 0) is 12.8 Å². The minimum absolute atomic E-state index is 0.0561. The molecule has 0 saturated heterocycles. The van der Waals surface area contributed by atoms with Gasteiger partial charge in [-0.15, -0.1) is 0 Å². The van der Waals surface area contributed by atoms with E-state index >= 15 is 0 Å². The summed E-state index contributed by atoms with van der Waals surface area (Å²) in [5.74, 6) is -1.25. The van der Waals surface area contributed by atoms with Crippen LogP contribution in [0.3, 0.4) is 0 Å². The van der Waals surface area contributed by atoms with Crippen molar-refractivity contribution in [3.63, 3.8) is 0 Å². The number of aliphatic carboxylic acids is 1. The summed E-state index contributed by atoms with van der Waals surface area (Å²) in [5, 5.41) is 22.7. The number of rotatable bonds is 8. The molecule has 6 nitrogen and oxygen atoms in total. The summed E-state index contributed by atoms with van der Waals surface area (Å²) in [6, 6.07) is 1.91. The van der Waals surface area contributed by atoms with E-state index in [1.165, 1.54) is 0 Å². The lowest BCUT2D eigenvalue weighted by Crippen LogP contribution is -2.54. The van der Waals surface area contributed by atoms with Crippen molar-refractivity contribution >= 4 is 11.9 Å². The third-order valence-electron chi connectivity index (χ3n) is 2.76. The summed E-state index contributed by atoms with van der Waals surface area (Å²) in [7, 11) is 0. The smallest absolute Gasteiger partial charge is 0.323 e. The zero-order valence-corrected chi connectivity index (χ0v) is 10.2. The van der Waals surface area contributed by atoms with Gasteiger partial charge in [0.05, 0.1) is 19.0 Å². The number of amides is 1. The molecule has 0 heterocycles. The van der Waals surface area contributed by atoms with Crippen LogP contribution in [0.2, 0.25) is 0 Å². The molecule has 0 aromatic heterocycles. The molecule has 6 heteroatoms. The van der Waals surface area contributed by atoms with Gasteiger partial charge in [-0.2, -0.15) is 5.26 Å². The summed E-state index contributed by atoms with van der Waals surface area (Å²) >= 11 is 0. The van der Waals surface area contributed by atoms with E-state index in [9.17, 15) is 9.59 Å². The molecular formula is C11H19N3O3. The Labute approximate surface area is 101 Å². The molecule has 0 bridgehead atoms. The minimum Gasteiger partial charge on any atom is -0.480 e. The first-order valence-electron chi connectivity index (χ1n) is 5.64. The van der Waals surface area contributed by atoms with Gasteiger partial charge in [-0.1, -0.05) is 13.8 Å². The number of carbonyl (C=O) groups is 2. The van der Waals surface area contributed by atoms with Gasteiger partial charge in [0, 0.05) is 6.54 Å². The van der Waals surface area contributed by atoms with Crippen LogP contribution in [-0.4, -0.2) is 35.6 Å². The third kappa shape index (κ3) is 4.83. The fourth-order valence-electron chi connectivity index (χ4n) is 1.45. The fraction of sp³-hybridized carbons (Fsp3) is 0.727. The lowest BCUT2D eigenvalue weighted by atomic mass is 9.93. The topological polar surface area (TPSA) is 102 Å². The number of nitrogens with one attached hydrogen (secondary N) is 2. The van der Waals surface area contributed by atoms with E-state index in [1.54, 1.807) is 13.8 Å². The van der Waals surface area contributed by atoms with Gasteiger partial charge in [-0.25, -0.2) is 0 Å². The third-order valence-corrected chi connectivity index (χ3v) is 2.76. The molecule has 0 aliphatic rings. The first-order chi connectivity index (χ1) is 8.02. The second kappa shape index (κ2) is 7.63. The fourth-order valence-corrected chi connectivity index (χ4v) is 1.45. The standard InChI is InChI=1S/C11H19N3O3/c1-3-11(4-2,10(16)17)14-8-9(15)13-7-5-6-12/h14H,3-5,7-8H2,1-2H3,(H,13,15)(H,16,17). The number of carboxylic acids is 1. The van der Waals surface area contributed by atoms with Gasteiger partial charge >= 0.3 is 5.97 Å². The van der Waals surface area contributed by atoms with Crippen molar-refractivity contribution in [2.24, 2.45) is 0 Å². The number of hydrogen-bond donors (Lipinski definition) is 3. The molecule has 0 rings (SSSR count). The maximum absolute atomic E-state index is 11.3. The predicted molar refractivity (Wildman–Crippen MR) is 62.2 cm³/mol. The highest BCUT2D eigenvalue weighted by molar-refractivity contribution is 5.82. The van der Waals surface area contributed by atoms with Crippen LogP contribution >= 0.6 is 0 Å². The molecule has 0 atom stereocenters. The summed E-state index contributed by atoms with van der Waals surface area (Å²) < 4.78 is 0. The molecule has 96 valence electrons. The molecule has 0 radical (unpaired) electrons. The summed E-state index contributed by atoms with van der Waals surface area (Å²) in [4.78, 5) is 22.5. The Morgan fingerprint density at radius 3 is 2.35 bits per heavy atom. The van der Waals surface area contributed by atoms with E-state index in [2.05, 4.69) is 10.6 Å². The molecule has 0 aliphatic carbocycles. The van der Waals surface area contributed by atoms with Gasteiger partial charge in [-0.3, -0.25) is 14.9 Å². The molecular weight excluding hydrogens is 222 g/mol. The van der Waals surface area contributed by atoms with E-state index in [4.69, 9.17) is 10.4 Å². The number of nitriles is 1. The van der Waals surface area contributed by atoms with E-state index < -0.39 is 11.5 Å². The van der Waals surface area contributed by atoms with Crippen LogP contribution < -0.4 is 10.6 Å². The molecule has 1 amide bonds. The van der Waals surface area contributed by atoms with Crippen molar-refractivity contribution in [1.82, 2.24) is 10.6 Å². The van der Waals surface area contributed by atoms with Crippen LogP contribution in [0, 0.1) is 11.3 Å². The Morgan fingerprint density at radius 2 is 1.94 bits per heavy atom. The zero-order chi connectivity index (χ0) is 13.3. The van der Waals surface area contributed by atoms with Crippen LogP contribution in [-0.2, 0) is 9.59 Å².